The third-order valence-corrected chi connectivity index (χ3v) is 4.38. The van der Waals surface area contributed by atoms with Crippen LogP contribution in [0.25, 0.3) is 0 Å². The number of hydrogen-bond donors (Lipinski definition) is 0. The molecule has 2 heteroatoms. The molecule has 0 bridgehead atoms. The van der Waals surface area contributed by atoms with Gasteiger partial charge in [0.15, 0.2) is 0 Å². The van der Waals surface area contributed by atoms with Crippen LogP contribution < -0.4 is 0 Å². The maximum atomic E-state index is 13.2. The van der Waals surface area contributed by atoms with Crippen LogP contribution in [0.4, 0.5) is 4.39 Å². The lowest BCUT2D eigenvalue weighted by molar-refractivity contribution is 0.0741. The van der Waals surface area contributed by atoms with Gasteiger partial charge in [-0.05, 0) is 49.2 Å². The normalized spacial score (nSPS) is 26.1. The van der Waals surface area contributed by atoms with Crippen LogP contribution in [0.2, 0.25) is 0 Å². The predicted octanol–water partition coefficient (Wildman–Crippen LogP) is 4.56. The number of nitrogens with zero attached hydrogens (tertiary/aromatic N) is 1. The van der Waals surface area contributed by atoms with Crippen LogP contribution in [0, 0.1) is 17.8 Å². The van der Waals surface area contributed by atoms with Crippen molar-refractivity contribution < 1.29 is 4.39 Å². The van der Waals surface area contributed by atoms with E-state index in [1.807, 2.05) is 6.08 Å². The van der Waals surface area contributed by atoms with Gasteiger partial charge in [0.2, 0.25) is 0 Å². The number of halogens is 1. The first-order chi connectivity index (χ1) is 9.17. The summed E-state index contributed by atoms with van der Waals surface area (Å²) in [5.41, 5.74) is 0. The molecule has 0 aromatic carbocycles. The molecule has 19 heavy (non-hydrogen) atoms. The minimum atomic E-state index is -0.0490. The van der Waals surface area contributed by atoms with Gasteiger partial charge in [0, 0.05) is 19.6 Å². The molecule has 0 radical (unpaired) electrons. The van der Waals surface area contributed by atoms with Gasteiger partial charge < -0.3 is 4.90 Å². The van der Waals surface area contributed by atoms with Gasteiger partial charge in [-0.15, -0.1) is 0 Å². The molecular formula is C17H28FN. The zero-order valence-electron chi connectivity index (χ0n) is 12.4. The Morgan fingerprint density at radius 1 is 1.42 bits per heavy atom. The van der Waals surface area contributed by atoms with Gasteiger partial charge in [-0.1, -0.05) is 32.8 Å². The molecule has 0 unspecified atom stereocenters. The summed E-state index contributed by atoms with van der Waals surface area (Å²) in [5.74, 6) is 1.99. The summed E-state index contributed by atoms with van der Waals surface area (Å²) in [5, 5.41) is 0. The smallest absolute Gasteiger partial charge is 0.119 e. The summed E-state index contributed by atoms with van der Waals surface area (Å²) in [6, 6.07) is 0. The Hall–Kier alpha value is -0.630. The summed E-state index contributed by atoms with van der Waals surface area (Å²) in [4.78, 5) is 2.57. The van der Waals surface area contributed by atoms with E-state index < -0.39 is 0 Å². The molecule has 1 heterocycles. The predicted molar refractivity (Wildman–Crippen MR) is 79.7 cm³/mol. The largest absolute Gasteiger partial charge is 0.302 e. The minimum absolute atomic E-state index is 0.0490. The number of rotatable bonds is 7. The molecule has 1 saturated heterocycles. The van der Waals surface area contributed by atoms with Crippen LogP contribution in [0.15, 0.2) is 24.1 Å². The molecular weight excluding hydrogens is 237 g/mol. The highest BCUT2D eigenvalue weighted by Crippen LogP contribution is 2.27. The molecule has 0 saturated carbocycles. The lowest BCUT2D eigenvalue weighted by Gasteiger charge is -2.41. The second-order valence-electron chi connectivity index (χ2n) is 6.52. The fraction of sp³-hybridized carbons (Fsp3) is 0.765. The van der Waals surface area contributed by atoms with Gasteiger partial charge in [0.1, 0.15) is 5.83 Å². The van der Waals surface area contributed by atoms with Gasteiger partial charge in [-0.3, -0.25) is 0 Å². The van der Waals surface area contributed by atoms with E-state index in [-0.39, 0.29) is 5.83 Å². The van der Waals surface area contributed by atoms with Gasteiger partial charge in [0.05, 0.1) is 0 Å². The molecule has 1 nitrogen and oxygen atoms in total. The second-order valence-corrected chi connectivity index (χ2v) is 6.52. The summed E-state index contributed by atoms with van der Waals surface area (Å²) in [6.07, 6.45) is 11.6. The van der Waals surface area contributed by atoms with Crippen LogP contribution >= 0.6 is 0 Å². The van der Waals surface area contributed by atoms with E-state index >= 15 is 0 Å². The summed E-state index contributed by atoms with van der Waals surface area (Å²) in [7, 11) is 0. The number of unbranched alkanes of at least 4 members (excludes halogenated alkanes) is 1. The van der Waals surface area contributed by atoms with Crippen molar-refractivity contribution in [3.8, 4) is 0 Å². The average Bonchev–Trinajstić information content (AvgIpc) is 2.32. The first-order valence-corrected chi connectivity index (χ1v) is 7.93. The highest BCUT2D eigenvalue weighted by Gasteiger charge is 2.27. The van der Waals surface area contributed by atoms with Crippen molar-refractivity contribution in [2.75, 3.05) is 19.6 Å². The third kappa shape index (κ3) is 4.76. The lowest BCUT2D eigenvalue weighted by Crippen LogP contribution is -2.48. The van der Waals surface area contributed by atoms with Crippen LogP contribution in [-0.4, -0.2) is 24.5 Å². The Morgan fingerprint density at radius 3 is 2.89 bits per heavy atom. The van der Waals surface area contributed by atoms with Crippen molar-refractivity contribution in [1.29, 1.82) is 0 Å². The van der Waals surface area contributed by atoms with Crippen molar-refractivity contribution in [1.82, 2.24) is 4.90 Å². The molecule has 2 atom stereocenters. The summed E-state index contributed by atoms with van der Waals surface area (Å²) >= 11 is 0. The molecule has 0 aromatic heterocycles. The van der Waals surface area contributed by atoms with E-state index in [0.29, 0.717) is 11.8 Å². The molecule has 1 aliphatic carbocycles. The molecule has 2 aliphatic rings. The fourth-order valence-corrected chi connectivity index (χ4v) is 3.40. The molecule has 1 aliphatic heterocycles. The third-order valence-electron chi connectivity index (χ3n) is 4.38. The van der Waals surface area contributed by atoms with Crippen LogP contribution in [0.3, 0.4) is 0 Å². The zero-order valence-corrected chi connectivity index (χ0v) is 12.4. The average molecular weight is 265 g/mol. The standard InChI is InChI=1S/C17H28FN/c1-3-4-6-16-12-19(13-16)11-14(2)9-15-7-5-8-17(18)10-15/h5,8,10,14-16H,3-4,6-7,9,11-13H2,1-2H3/t14-,15+/m0/s1. The van der Waals surface area contributed by atoms with Crippen LogP contribution in [-0.2, 0) is 0 Å². The summed E-state index contributed by atoms with van der Waals surface area (Å²) < 4.78 is 13.2. The van der Waals surface area contributed by atoms with Crippen LogP contribution in [0.5, 0.6) is 0 Å². The molecule has 2 rings (SSSR count). The van der Waals surface area contributed by atoms with Crippen molar-refractivity contribution in [2.45, 2.75) is 46.0 Å². The molecule has 0 aromatic rings. The van der Waals surface area contributed by atoms with E-state index in [1.165, 1.54) is 38.9 Å². The minimum Gasteiger partial charge on any atom is -0.302 e. The lowest BCUT2D eigenvalue weighted by atomic mass is 9.88. The van der Waals surface area contributed by atoms with Gasteiger partial charge in [-0.25, -0.2) is 4.39 Å². The Labute approximate surface area is 117 Å². The molecule has 108 valence electrons. The van der Waals surface area contributed by atoms with Crippen LogP contribution in [0.1, 0.15) is 46.0 Å². The SMILES string of the molecule is CCCCC1CN(C[C@@H](C)C[C@@H]2C=C(F)C=CC2)C1. The molecule has 0 spiro atoms. The summed E-state index contributed by atoms with van der Waals surface area (Å²) in [6.45, 7) is 8.35. The van der Waals surface area contributed by atoms with Gasteiger partial charge in [0.25, 0.3) is 0 Å². The number of hydrogen-bond acceptors (Lipinski definition) is 1. The van der Waals surface area contributed by atoms with Crippen molar-refractivity contribution >= 4 is 0 Å². The Kier molecular flexibility index (Phi) is 5.62. The van der Waals surface area contributed by atoms with E-state index in [2.05, 4.69) is 18.7 Å². The molecule has 1 fully saturated rings. The Morgan fingerprint density at radius 2 is 2.21 bits per heavy atom. The van der Waals surface area contributed by atoms with Crippen molar-refractivity contribution in [2.24, 2.45) is 17.8 Å². The van der Waals surface area contributed by atoms with E-state index in [9.17, 15) is 4.39 Å². The number of likely N-dealkylation sites (tertiary alicyclic amines) is 1. The number of allylic oxidation sites excluding steroid dienone is 4. The molecule has 0 amide bonds. The van der Waals surface area contributed by atoms with E-state index in [0.717, 1.165) is 18.8 Å². The maximum absolute atomic E-state index is 13.2. The first kappa shape index (κ1) is 14.8. The topological polar surface area (TPSA) is 3.24 Å². The monoisotopic (exact) mass is 265 g/mol. The maximum Gasteiger partial charge on any atom is 0.119 e. The van der Waals surface area contributed by atoms with E-state index in [4.69, 9.17) is 0 Å². The van der Waals surface area contributed by atoms with Gasteiger partial charge in [-0.2, -0.15) is 0 Å². The van der Waals surface area contributed by atoms with Crippen molar-refractivity contribution in [3.63, 3.8) is 0 Å². The first-order valence-electron chi connectivity index (χ1n) is 7.93. The van der Waals surface area contributed by atoms with E-state index in [1.54, 1.807) is 12.2 Å². The van der Waals surface area contributed by atoms with Crippen molar-refractivity contribution in [3.05, 3.63) is 24.1 Å². The highest BCUT2D eigenvalue weighted by molar-refractivity contribution is 5.17. The quantitative estimate of drug-likeness (QED) is 0.652. The molecule has 0 N–H and O–H groups in total. The van der Waals surface area contributed by atoms with Gasteiger partial charge >= 0.3 is 0 Å². The zero-order chi connectivity index (χ0) is 13.7. The highest BCUT2D eigenvalue weighted by atomic mass is 19.1. The second kappa shape index (κ2) is 7.23. The Bertz CT molecular complexity index is 328. The fourth-order valence-electron chi connectivity index (χ4n) is 3.40. The Balaban J connectivity index is 1.61.